The number of halogens is 1. The summed E-state index contributed by atoms with van der Waals surface area (Å²) < 4.78 is 6.34. The first-order valence-corrected chi connectivity index (χ1v) is 8.00. The molecular formula is C18H16BrNO2. The van der Waals surface area contributed by atoms with Crippen molar-refractivity contribution in [3.05, 3.63) is 74.6 Å². The molecule has 0 radical (unpaired) electrons. The smallest absolute Gasteiger partial charge is 0.341 e. The van der Waals surface area contributed by atoms with E-state index in [4.69, 9.17) is 4.42 Å². The molecule has 0 atom stereocenters. The van der Waals surface area contributed by atoms with Crippen LogP contribution in [0.2, 0.25) is 0 Å². The molecule has 1 heterocycles. The quantitative estimate of drug-likeness (QED) is 0.686. The highest BCUT2D eigenvalue weighted by atomic mass is 79.9. The van der Waals surface area contributed by atoms with Gasteiger partial charge in [0.25, 0.3) is 0 Å². The maximum Gasteiger partial charge on any atom is 0.341 e. The van der Waals surface area contributed by atoms with Gasteiger partial charge in [0.15, 0.2) is 0 Å². The maximum atomic E-state index is 12.0. The molecule has 0 bridgehead atoms. The largest absolute Gasteiger partial charge is 0.422 e. The van der Waals surface area contributed by atoms with Crippen LogP contribution in [0, 0.1) is 0 Å². The molecule has 0 saturated heterocycles. The molecule has 0 aliphatic heterocycles. The second kappa shape index (κ2) is 6.36. The average Bonchev–Trinajstić information content (AvgIpc) is 2.53. The van der Waals surface area contributed by atoms with Gasteiger partial charge in [-0.25, -0.2) is 4.79 Å². The minimum atomic E-state index is -0.299. The topological polar surface area (TPSA) is 42.2 Å². The molecule has 1 aromatic heterocycles. The number of anilines is 1. The first-order chi connectivity index (χ1) is 10.7. The monoisotopic (exact) mass is 357 g/mol. The van der Waals surface area contributed by atoms with Gasteiger partial charge < -0.3 is 9.73 Å². The summed E-state index contributed by atoms with van der Waals surface area (Å²) in [4.78, 5) is 12.0. The lowest BCUT2D eigenvalue weighted by Gasteiger charge is -2.09. The number of aryl methyl sites for hydroxylation is 1. The Labute approximate surface area is 137 Å². The zero-order valence-electron chi connectivity index (χ0n) is 12.2. The molecule has 3 rings (SSSR count). The van der Waals surface area contributed by atoms with Crippen molar-refractivity contribution < 1.29 is 4.42 Å². The molecule has 0 spiro atoms. The number of rotatable bonds is 4. The van der Waals surface area contributed by atoms with E-state index < -0.39 is 0 Å². The molecule has 3 nitrogen and oxygen atoms in total. The molecule has 3 aromatic rings. The van der Waals surface area contributed by atoms with Gasteiger partial charge in [0.05, 0.1) is 5.56 Å². The summed E-state index contributed by atoms with van der Waals surface area (Å²) in [7, 11) is 0. The van der Waals surface area contributed by atoms with Gasteiger partial charge in [-0.2, -0.15) is 0 Å². The van der Waals surface area contributed by atoms with Crippen molar-refractivity contribution in [1.82, 2.24) is 0 Å². The molecule has 0 amide bonds. The molecule has 0 unspecified atom stereocenters. The van der Waals surface area contributed by atoms with E-state index in [1.165, 1.54) is 5.56 Å². The van der Waals surface area contributed by atoms with Crippen LogP contribution in [0.25, 0.3) is 11.0 Å². The zero-order valence-corrected chi connectivity index (χ0v) is 13.8. The minimum absolute atomic E-state index is 0.299. The van der Waals surface area contributed by atoms with E-state index in [0.717, 1.165) is 22.0 Å². The first-order valence-electron chi connectivity index (χ1n) is 7.21. The predicted octanol–water partition coefficient (Wildman–Crippen LogP) is 4.73. The van der Waals surface area contributed by atoms with Crippen molar-refractivity contribution in [3.63, 3.8) is 0 Å². The zero-order chi connectivity index (χ0) is 15.5. The van der Waals surface area contributed by atoms with E-state index in [9.17, 15) is 4.79 Å². The SMILES string of the molecule is CCc1ccc(NCc2cc3ccccc3oc2=O)c(Br)c1. The minimum Gasteiger partial charge on any atom is -0.422 e. The van der Waals surface area contributed by atoms with Crippen LogP contribution in [-0.2, 0) is 13.0 Å². The third kappa shape index (κ3) is 3.07. The lowest BCUT2D eigenvalue weighted by molar-refractivity contribution is 0.552. The van der Waals surface area contributed by atoms with E-state index in [1.54, 1.807) is 6.07 Å². The molecule has 1 N–H and O–H groups in total. The van der Waals surface area contributed by atoms with Crippen LogP contribution in [-0.4, -0.2) is 0 Å². The number of hydrogen-bond acceptors (Lipinski definition) is 3. The van der Waals surface area contributed by atoms with Crippen LogP contribution in [0.15, 0.2) is 62.2 Å². The highest BCUT2D eigenvalue weighted by molar-refractivity contribution is 9.10. The molecule has 112 valence electrons. The maximum absolute atomic E-state index is 12.0. The molecule has 2 aromatic carbocycles. The Morgan fingerprint density at radius 1 is 1.14 bits per heavy atom. The van der Waals surface area contributed by atoms with Gasteiger partial charge in [-0.1, -0.05) is 31.2 Å². The molecule has 0 aliphatic rings. The van der Waals surface area contributed by atoms with E-state index >= 15 is 0 Å². The lowest BCUT2D eigenvalue weighted by atomic mass is 10.1. The van der Waals surface area contributed by atoms with Gasteiger partial charge >= 0.3 is 5.63 Å². The summed E-state index contributed by atoms with van der Waals surface area (Å²) in [6.07, 6.45) is 0.993. The Morgan fingerprint density at radius 3 is 2.73 bits per heavy atom. The van der Waals surface area contributed by atoms with Crippen molar-refractivity contribution >= 4 is 32.6 Å². The van der Waals surface area contributed by atoms with Crippen molar-refractivity contribution in [2.75, 3.05) is 5.32 Å². The Bertz CT molecular complexity index is 870. The van der Waals surface area contributed by atoms with Gasteiger partial charge in [-0.05, 0) is 52.2 Å². The number of benzene rings is 2. The molecule has 4 heteroatoms. The summed E-state index contributed by atoms with van der Waals surface area (Å²) in [5.41, 5.74) is 3.16. The Balaban J connectivity index is 1.84. The van der Waals surface area contributed by atoms with Gasteiger partial charge in [-0.15, -0.1) is 0 Å². The van der Waals surface area contributed by atoms with Crippen LogP contribution in [0.5, 0.6) is 0 Å². The van der Waals surface area contributed by atoms with E-state index in [-0.39, 0.29) is 5.63 Å². The Kier molecular flexibility index (Phi) is 4.29. The molecule has 0 saturated carbocycles. The fourth-order valence-corrected chi connectivity index (χ4v) is 2.91. The summed E-state index contributed by atoms with van der Waals surface area (Å²) in [5.74, 6) is 0. The van der Waals surface area contributed by atoms with Crippen molar-refractivity contribution in [1.29, 1.82) is 0 Å². The van der Waals surface area contributed by atoms with Gasteiger partial charge in [-0.3, -0.25) is 0 Å². The normalized spacial score (nSPS) is 10.8. The molecular weight excluding hydrogens is 342 g/mol. The number of nitrogens with one attached hydrogen (secondary N) is 1. The summed E-state index contributed by atoms with van der Waals surface area (Å²) in [5, 5.41) is 4.21. The molecule has 0 fully saturated rings. The molecule has 22 heavy (non-hydrogen) atoms. The highest BCUT2D eigenvalue weighted by Crippen LogP contribution is 2.24. The number of para-hydroxylation sites is 1. The number of hydrogen-bond donors (Lipinski definition) is 1. The first kappa shape index (κ1) is 14.9. The summed E-state index contributed by atoms with van der Waals surface area (Å²) in [6, 6.07) is 15.6. The van der Waals surface area contributed by atoms with Crippen LogP contribution in [0.1, 0.15) is 18.1 Å². The van der Waals surface area contributed by atoms with Crippen molar-refractivity contribution in [3.8, 4) is 0 Å². The Hall–Kier alpha value is -2.07. The van der Waals surface area contributed by atoms with Crippen LogP contribution in [0.3, 0.4) is 0 Å². The second-order valence-corrected chi connectivity index (χ2v) is 5.97. The second-order valence-electron chi connectivity index (χ2n) is 5.12. The van der Waals surface area contributed by atoms with Crippen LogP contribution >= 0.6 is 15.9 Å². The predicted molar refractivity (Wildman–Crippen MR) is 93.3 cm³/mol. The standard InChI is InChI=1S/C18H16BrNO2/c1-2-12-7-8-16(15(19)9-12)20-11-14-10-13-5-3-4-6-17(13)22-18(14)21/h3-10,20H,2,11H2,1H3. The van der Waals surface area contributed by atoms with E-state index in [0.29, 0.717) is 17.7 Å². The molecule has 0 aliphatic carbocycles. The Morgan fingerprint density at radius 2 is 1.95 bits per heavy atom. The lowest BCUT2D eigenvalue weighted by Crippen LogP contribution is -2.12. The van der Waals surface area contributed by atoms with E-state index in [2.05, 4.69) is 40.3 Å². The van der Waals surface area contributed by atoms with Crippen LogP contribution < -0.4 is 10.9 Å². The van der Waals surface area contributed by atoms with Gasteiger partial charge in [0, 0.05) is 22.1 Å². The van der Waals surface area contributed by atoms with E-state index in [1.807, 2.05) is 30.3 Å². The van der Waals surface area contributed by atoms with Crippen molar-refractivity contribution in [2.45, 2.75) is 19.9 Å². The summed E-state index contributed by atoms with van der Waals surface area (Å²) >= 11 is 3.56. The third-order valence-electron chi connectivity index (χ3n) is 3.62. The van der Waals surface area contributed by atoms with Crippen molar-refractivity contribution in [2.24, 2.45) is 0 Å². The third-order valence-corrected chi connectivity index (χ3v) is 4.28. The fourth-order valence-electron chi connectivity index (χ4n) is 2.34. The summed E-state index contributed by atoms with van der Waals surface area (Å²) in [6.45, 7) is 2.55. The number of fused-ring (bicyclic) bond motifs is 1. The van der Waals surface area contributed by atoms with Gasteiger partial charge in [0.2, 0.25) is 0 Å². The van der Waals surface area contributed by atoms with Gasteiger partial charge in [0.1, 0.15) is 5.58 Å². The fraction of sp³-hybridized carbons (Fsp3) is 0.167. The average molecular weight is 358 g/mol. The highest BCUT2D eigenvalue weighted by Gasteiger charge is 2.06. The van der Waals surface area contributed by atoms with Crippen LogP contribution in [0.4, 0.5) is 5.69 Å².